The number of nitrogens with zero attached hydrogens (tertiary/aromatic N) is 2. The molecule has 0 saturated carbocycles. The number of rotatable bonds is 3. The molecule has 0 bridgehead atoms. The van der Waals surface area contributed by atoms with Crippen molar-refractivity contribution in [2.45, 2.75) is 13.1 Å². The zero-order chi connectivity index (χ0) is 14.0. The molecule has 1 heterocycles. The average Bonchev–Trinajstić information content (AvgIpc) is 2.80. The molecular weight excluding hydrogens is 325 g/mol. The molecule has 0 saturated heterocycles. The van der Waals surface area contributed by atoms with Crippen LogP contribution in [0.3, 0.4) is 0 Å². The number of halogens is 4. The quantitative estimate of drug-likeness (QED) is 0.846. The molecule has 0 N–H and O–H groups in total. The SMILES string of the molecule is CCOc1ccc(-n2ccnc2C(F)(F)F)cc1Br. The van der Waals surface area contributed by atoms with Crippen LogP contribution in [-0.2, 0) is 6.18 Å². The fourth-order valence-electron chi connectivity index (χ4n) is 1.63. The van der Waals surface area contributed by atoms with Crippen molar-refractivity contribution in [2.75, 3.05) is 6.61 Å². The first-order valence-corrected chi connectivity index (χ1v) is 6.26. The summed E-state index contributed by atoms with van der Waals surface area (Å²) in [4.78, 5) is 3.34. The lowest BCUT2D eigenvalue weighted by Gasteiger charge is -2.12. The van der Waals surface area contributed by atoms with Crippen molar-refractivity contribution < 1.29 is 17.9 Å². The summed E-state index contributed by atoms with van der Waals surface area (Å²) in [6, 6.07) is 4.72. The highest BCUT2D eigenvalue weighted by Crippen LogP contribution is 2.32. The van der Waals surface area contributed by atoms with E-state index in [2.05, 4.69) is 20.9 Å². The summed E-state index contributed by atoms with van der Waals surface area (Å²) >= 11 is 3.27. The first-order chi connectivity index (χ1) is 8.93. The van der Waals surface area contributed by atoms with Gasteiger partial charge >= 0.3 is 6.18 Å². The van der Waals surface area contributed by atoms with Gasteiger partial charge in [0.15, 0.2) is 0 Å². The highest BCUT2D eigenvalue weighted by molar-refractivity contribution is 9.10. The predicted molar refractivity (Wildman–Crippen MR) is 67.4 cm³/mol. The van der Waals surface area contributed by atoms with Gasteiger partial charge in [-0.2, -0.15) is 13.2 Å². The van der Waals surface area contributed by atoms with Gasteiger partial charge in [-0.1, -0.05) is 0 Å². The van der Waals surface area contributed by atoms with Crippen molar-refractivity contribution in [2.24, 2.45) is 0 Å². The summed E-state index contributed by atoms with van der Waals surface area (Å²) in [5, 5.41) is 0. The van der Waals surface area contributed by atoms with Gasteiger partial charge in [-0.15, -0.1) is 0 Å². The third-order valence-corrected chi connectivity index (χ3v) is 3.01. The van der Waals surface area contributed by atoms with Gasteiger partial charge < -0.3 is 4.74 Å². The van der Waals surface area contributed by atoms with Crippen LogP contribution in [0.15, 0.2) is 35.1 Å². The van der Waals surface area contributed by atoms with Crippen LogP contribution in [0.2, 0.25) is 0 Å². The molecule has 0 aliphatic carbocycles. The molecule has 0 radical (unpaired) electrons. The molecule has 2 rings (SSSR count). The van der Waals surface area contributed by atoms with Crippen molar-refractivity contribution in [3.63, 3.8) is 0 Å². The molecule has 102 valence electrons. The Morgan fingerprint density at radius 3 is 2.68 bits per heavy atom. The van der Waals surface area contributed by atoms with Crippen molar-refractivity contribution in [3.05, 3.63) is 40.9 Å². The van der Waals surface area contributed by atoms with Gasteiger partial charge in [-0.05, 0) is 41.1 Å². The van der Waals surface area contributed by atoms with Crippen molar-refractivity contribution >= 4 is 15.9 Å². The molecule has 0 spiro atoms. The summed E-state index contributed by atoms with van der Waals surface area (Å²) in [5.74, 6) is -0.372. The fraction of sp³-hybridized carbons (Fsp3) is 0.250. The molecule has 3 nitrogen and oxygen atoms in total. The van der Waals surface area contributed by atoms with Crippen molar-refractivity contribution in [3.8, 4) is 11.4 Å². The molecule has 0 aliphatic rings. The lowest BCUT2D eigenvalue weighted by Crippen LogP contribution is -2.13. The second kappa shape index (κ2) is 5.24. The Hall–Kier alpha value is -1.50. The molecule has 19 heavy (non-hydrogen) atoms. The zero-order valence-electron chi connectivity index (χ0n) is 9.91. The maximum Gasteiger partial charge on any atom is 0.450 e. The number of ether oxygens (including phenoxy) is 1. The number of hydrogen-bond donors (Lipinski definition) is 0. The van der Waals surface area contributed by atoms with E-state index in [1.54, 1.807) is 18.2 Å². The van der Waals surface area contributed by atoms with Gasteiger partial charge in [0.2, 0.25) is 5.82 Å². The van der Waals surface area contributed by atoms with Gasteiger partial charge in [0, 0.05) is 18.1 Å². The standard InChI is InChI=1S/C12H10BrF3N2O/c1-2-19-10-4-3-8(7-9(10)13)18-6-5-17-11(18)12(14,15)16/h3-7H,2H2,1H3. The van der Waals surface area contributed by atoms with Crippen LogP contribution >= 0.6 is 15.9 Å². The van der Waals surface area contributed by atoms with E-state index in [1.807, 2.05) is 6.92 Å². The van der Waals surface area contributed by atoms with Crippen molar-refractivity contribution in [1.29, 1.82) is 0 Å². The van der Waals surface area contributed by atoms with Gasteiger partial charge in [0.1, 0.15) is 5.75 Å². The van der Waals surface area contributed by atoms with Gasteiger partial charge in [-0.25, -0.2) is 4.98 Å². The minimum absolute atomic E-state index is 0.361. The molecule has 2 aromatic rings. The number of alkyl halides is 3. The minimum Gasteiger partial charge on any atom is -0.493 e. The second-order valence-electron chi connectivity index (χ2n) is 3.67. The number of aromatic nitrogens is 2. The summed E-state index contributed by atoms with van der Waals surface area (Å²) in [5.41, 5.74) is 0.361. The first kappa shape index (κ1) is 13.9. The van der Waals surface area contributed by atoms with Gasteiger partial charge in [-0.3, -0.25) is 4.57 Å². The summed E-state index contributed by atoms with van der Waals surface area (Å²) in [6.07, 6.45) is -2.10. The van der Waals surface area contributed by atoms with E-state index in [-0.39, 0.29) is 0 Å². The average molecular weight is 335 g/mol. The van der Waals surface area contributed by atoms with Crippen LogP contribution in [0.1, 0.15) is 12.7 Å². The van der Waals surface area contributed by atoms with Crippen LogP contribution in [-0.4, -0.2) is 16.2 Å². The van der Waals surface area contributed by atoms with E-state index in [4.69, 9.17) is 4.74 Å². The first-order valence-electron chi connectivity index (χ1n) is 5.46. The van der Waals surface area contributed by atoms with E-state index in [0.717, 1.165) is 10.8 Å². The Morgan fingerprint density at radius 2 is 2.11 bits per heavy atom. The van der Waals surface area contributed by atoms with Crippen LogP contribution in [0.25, 0.3) is 5.69 Å². The number of imidazole rings is 1. The largest absolute Gasteiger partial charge is 0.493 e. The van der Waals surface area contributed by atoms with E-state index < -0.39 is 12.0 Å². The van der Waals surface area contributed by atoms with Crippen LogP contribution in [0.5, 0.6) is 5.75 Å². The molecule has 0 aliphatic heterocycles. The Morgan fingerprint density at radius 1 is 1.37 bits per heavy atom. The van der Waals surface area contributed by atoms with E-state index in [0.29, 0.717) is 22.5 Å². The normalized spacial score (nSPS) is 11.6. The molecule has 1 aromatic heterocycles. The minimum atomic E-state index is -4.49. The van der Waals surface area contributed by atoms with Crippen LogP contribution < -0.4 is 4.74 Å². The molecule has 1 aromatic carbocycles. The summed E-state index contributed by atoms with van der Waals surface area (Å²) in [7, 11) is 0. The Labute approximate surface area is 116 Å². The monoisotopic (exact) mass is 334 g/mol. The van der Waals surface area contributed by atoms with E-state index in [1.165, 1.54) is 6.20 Å². The third kappa shape index (κ3) is 2.91. The maximum absolute atomic E-state index is 12.7. The summed E-state index contributed by atoms with van der Waals surface area (Å²) in [6.45, 7) is 2.31. The molecular formula is C12H10BrF3N2O. The number of benzene rings is 1. The molecule has 0 fully saturated rings. The van der Waals surface area contributed by atoms with Crippen molar-refractivity contribution in [1.82, 2.24) is 9.55 Å². The molecule has 0 amide bonds. The summed E-state index contributed by atoms with van der Waals surface area (Å²) < 4.78 is 45.1. The highest BCUT2D eigenvalue weighted by atomic mass is 79.9. The molecule has 0 unspecified atom stereocenters. The number of hydrogen-bond acceptors (Lipinski definition) is 2. The lowest BCUT2D eigenvalue weighted by atomic mass is 10.3. The predicted octanol–water partition coefficient (Wildman–Crippen LogP) is 4.05. The molecule has 7 heteroatoms. The lowest BCUT2D eigenvalue weighted by molar-refractivity contribution is -0.145. The Kier molecular flexibility index (Phi) is 3.84. The second-order valence-corrected chi connectivity index (χ2v) is 4.52. The van der Waals surface area contributed by atoms with Crippen LogP contribution in [0.4, 0.5) is 13.2 Å². The molecule has 0 atom stereocenters. The van der Waals surface area contributed by atoms with E-state index >= 15 is 0 Å². The fourth-order valence-corrected chi connectivity index (χ4v) is 2.11. The third-order valence-electron chi connectivity index (χ3n) is 2.39. The Bertz CT molecular complexity index is 581. The maximum atomic E-state index is 12.7. The van der Waals surface area contributed by atoms with Gasteiger partial charge in [0.05, 0.1) is 11.1 Å². The smallest absolute Gasteiger partial charge is 0.450 e. The van der Waals surface area contributed by atoms with E-state index in [9.17, 15) is 13.2 Å². The van der Waals surface area contributed by atoms with Crippen LogP contribution in [0, 0.1) is 0 Å². The Balaban J connectivity index is 2.43. The topological polar surface area (TPSA) is 27.1 Å². The van der Waals surface area contributed by atoms with Gasteiger partial charge in [0.25, 0.3) is 0 Å². The highest BCUT2D eigenvalue weighted by Gasteiger charge is 2.36. The zero-order valence-corrected chi connectivity index (χ0v) is 11.5.